The molecule has 0 unspecified atom stereocenters. The molecule has 0 aromatic heterocycles. The van der Waals surface area contributed by atoms with E-state index in [0.717, 1.165) is 13.1 Å². The minimum Gasteiger partial charge on any atom is -0.309 e. The Kier molecular flexibility index (Phi) is 3.78. The zero-order chi connectivity index (χ0) is 13.4. The molecule has 1 aliphatic carbocycles. The lowest BCUT2D eigenvalue weighted by atomic mass is 9.87. The van der Waals surface area contributed by atoms with Crippen LogP contribution in [0.3, 0.4) is 0 Å². The number of rotatable bonds is 3. The molecule has 2 aliphatic rings. The summed E-state index contributed by atoms with van der Waals surface area (Å²) in [5.41, 5.74) is 0.311. The van der Waals surface area contributed by atoms with E-state index in [0.29, 0.717) is 6.54 Å². The zero-order valence-corrected chi connectivity index (χ0v) is 12.6. The van der Waals surface area contributed by atoms with E-state index < -0.39 is 9.84 Å². The van der Waals surface area contributed by atoms with Crippen LogP contribution in [-0.2, 0) is 9.84 Å². The molecule has 1 spiro atoms. The molecule has 2 fully saturated rings. The second kappa shape index (κ2) is 4.76. The quantitative estimate of drug-likeness (QED) is 0.835. The Morgan fingerprint density at radius 2 is 1.83 bits per heavy atom. The molecular formula is C13H26N2O2S. The molecule has 0 atom stereocenters. The molecule has 1 aliphatic heterocycles. The van der Waals surface area contributed by atoms with Crippen molar-refractivity contribution < 1.29 is 8.42 Å². The number of nitrogens with one attached hydrogen (secondary N) is 1. The molecule has 1 saturated heterocycles. The van der Waals surface area contributed by atoms with Crippen molar-refractivity contribution >= 4 is 9.84 Å². The number of hydrogen-bond acceptors (Lipinski definition) is 4. The van der Waals surface area contributed by atoms with Crippen molar-refractivity contribution in [2.45, 2.75) is 50.6 Å². The van der Waals surface area contributed by atoms with E-state index in [4.69, 9.17) is 0 Å². The molecule has 1 N–H and O–H groups in total. The predicted octanol–water partition coefficient (Wildman–Crippen LogP) is 1.03. The highest BCUT2D eigenvalue weighted by atomic mass is 32.2. The Morgan fingerprint density at radius 3 is 2.39 bits per heavy atom. The van der Waals surface area contributed by atoms with Gasteiger partial charge in [-0.2, -0.15) is 0 Å². The molecule has 106 valence electrons. The molecule has 1 saturated carbocycles. The molecule has 18 heavy (non-hydrogen) atoms. The van der Waals surface area contributed by atoms with Crippen molar-refractivity contribution in [3.63, 3.8) is 0 Å². The lowest BCUT2D eigenvalue weighted by molar-refractivity contribution is 0.0242. The summed E-state index contributed by atoms with van der Waals surface area (Å²) >= 11 is 0. The Hall–Kier alpha value is -0.130. The van der Waals surface area contributed by atoms with Crippen molar-refractivity contribution in [3.8, 4) is 0 Å². The van der Waals surface area contributed by atoms with E-state index in [1.165, 1.54) is 31.9 Å². The van der Waals surface area contributed by atoms with Crippen molar-refractivity contribution in [1.29, 1.82) is 0 Å². The topological polar surface area (TPSA) is 49.4 Å². The van der Waals surface area contributed by atoms with Gasteiger partial charge in [0.05, 0.1) is 5.75 Å². The van der Waals surface area contributed by atoms with Gasteiger partial charge in [-0.25, -0.2) is 8.42 Å². The third kappa shape index (κ3) is 3.25. The lowest BCUT2D eigenvalue weighted by Gasteiger charge is -2.51. The number of piperazine rings is 1. The summed E-state index contributed by atoms with van der Waals surface area (Å²) in [5, 5.41) is 3.63. The SMILES string of the molecule is CC1(C)CN(CCS(C)(=O)=O)C2(CCCC2)CN1. The largest absolute Gasteiger partial charge is 0.309 e. The summed E-state index contributed by atoms with van der Waals surface area (Å²) in [6.07, 6.45) is 6.30. The Labute approximate surface area is 111 Å². The fourth-order valence-corrected chi connectivity index (χ4v) is 3.89. The average molecular weight is 274 g/mol. The molecule has 0 bridgehead atoms. The third-order valence-corrected chi connectivity index (χ3v) is 5.34. The van der Waals surface area contributed by atoms with E-state index in [-0.39, 0.29) is 16.8 Å². The molecule has 5 heteroatoms. The summed E-state index contributed by atoms with van der Waals surface area (Å²) in [6.45, 7) is 7.03. The molecule has 1 heterocycles. The highest BCUT2D eigenvalue weighted by Crippen LogP contribution is 2.38. The highest BCUT2D eigenvalue weighted by Gasteiger charge is 2.45. The normalized spacial score (nSPS) is 27.7. The summed E-state index contributed by atoms with van der Waals surface area (Å²) in [4.78, 5) is 2.44. The van der Waals surface area contributed by atoms with Gasteiger partial charge in [-0.15, -0.1) is 0 Å². The first-order valence-corrected chi connectivity index (χ1v) is 8.96. The van der Waals surface area contributed by atoms with Gasteiger partial charge in [0.1, 0.15) is 9.84 Å². The van der Waals surface area contributed by atoms with Crippen molar-refractivity contribution in [2.24, 2.45) is 0 Å². The highest BCUT2D eigenvalue weighted by molar-refractivity contribution is 7.90. The second-order valence-corrected chi connectivity index (χ2v) is 8.98. The molecule has 0 radical (unpaired) electrons. The van der Waals surface area contributed by atoms with Crippen LogP contribution in [0.15, 0.2) is 0 Å². The molecule has 0 amide bonds. The summed E-state index contributed by atoms with van der Waals surface area (Å²) in [6, 6.07) is 0. The van der Waals surface area contributed by atoms with Crippen LogP contribution < -0.4 is 5.32 Å². The van der Waals surface area contributed by atoms with E-state index in [1.54, 1.807) is 0 Å². The van der Waals surface area contributed by atoms with Crippen molar-refractivity contribution in [3.05, 3.63) is 0 Å². The van der Waals surface area contributed by atoms with Gasteiger partial charge >= 0.3 is 0 Å². The maximum atomic E-state index is 11.4. The van der Waals surface area contributed by atoms with Crippen LogP contribution in [0.1, 0.15) is 39.5 Å². The average Bonchev–Trinajstić information content (AvgIpc) is 2.69. The van der Waals surface area contributed by atoms with E-state index in [9.17, 15) is 8.42 Å². The van der Waals surface area contributed by atoms with Crippen LogP contribution >= 0.6 is 0 Å². The zero-order valence-electron chi connectivity index (χ0n) is 11.8. The van der Waals surface area contributed by atoms with Crippen LogP contribution in [0.25, 0.3) is 0 Å². The van der Waals surface area contributed by atoms with Crippen LogP contribution in [0, 0.1) is 0 Å². The summed E-state index contributed by atoms with van der Waals surface area (Å²) < 4.78 is 22.8. The van der Waals surface area contributed by atoms with Gasteiger partial charge < -0.3 is 5.32 Å². The summed E-state index contributed by atoms with van der Waals surface area (Å²) in [5.74, 6) is 0.283. The van der Waals surface area contributed by atoms with E-state index in [2.05, 4.69) is 24.1 Å². The Bertz CT molecular complexity index is 397. The molecule has 4 nitrogen and oxygen atoms in total. The van der Waals surface area contributed by atoms with Crippen LogP contribution in [0.5, 0.6) is 0 Å². The first kappa shape index (κ1) is 14.3. The van der Waals surface area contributed by atoms with Crippen molar-refractivity contribution in [2.75, 3.05) is 31.6 Å². The molecule has 0 aromatic carbocycles. The van der Waals surface area contributed by atoms with Crippen LogP contribution in [0.4, 0.5) is 0 Å². The fourth-order valence-electron chi connectivity index (χ4n) is 3.33. The van der Waals surface area contributed by atoms with Gasteiger partial charge in [0, 0.05) is 37.0 Å². The molecule has 0 aromatic rings. The monoisotopic (exact) mass is 274 g/mol. The maximum absolute atomic E-state index is 11.4. The van der Waals surface area contributed by atoms with Crippen LogP contribution in [0.2, 0.25) is 0 Å². The first-order valence-electron chi connectivity index (χ1n) is 6.90. The number of hydrogen-bond donors (Lipinski definition) is 1. The summed E-state index contributed by atoms with van der Waals surface area (Å²) in [7, 11) is -2.87. The maximum Gasteiger partial charge on any atom is 0.148 e. The number of nitrogens with zero attached hydrogens (tertiary/aromatic N) is 1. The van der Waals surface area contributed by atoms with Crippen molar-refractivity contribution in [1.82, 2.24) is 10.2 Å². The van der Waals surface area contributed by atoms with Gasteiger partial charge in [-0.1, -0.05) is 12.8 Å². The number of sulfone groups is 1. The Morgan fingerprint density at radius 1 is 1.22 bits per heavy atom. The smallest absolute Gasteiger partial charge is 0.148 e. The van der Waals surface area contributed by atoms with Gasteiger partial charge in [-0.3, -0.25) is 4.90 Å². The fraction of sp³-hybridized carbons (Fsp3) is 1.00. The lowest BCUT2D eigenvalue weighted by Crippen LogP contribution is -2.67. The molecular weight excluding hydrogens is 248 g/mol. The standard InChI is InChI=1S/C13H26N2O2S/c1-12(2)11-15(8-9-18(3,16)17)13(10-14-12)6-4-5-7-13/h14H,4-11H2,1-3H3. The first-order chi connectivity index (χ1) is 8.23. The van der Waals surface area contributed by atoms with Gasteiger partial charge in [0.25, 0.3) is 0 Å². The minimum absolute atomic E-state index is 0.0886. The third-order valence-electron chi connectivity index (χ3n) is 4.42. The second-order valence-electron chi connectivity index (χ2n) is 6.72. The van der Waals surface area contributed by atoms with Gasteiger partial charge in [0.15, 0.2) is 0 Å². The predicted molar refractivity (Wildman–Crippen MR) is 74.6 cm³/mol. The van der Waals surface area contributed by atoms with E-state index >= 15 is 0 Å². The van der Waals surface area contributed by atoms with Crippen LogP contribution in [-0.4, -0.2) is 56.0 Å². The van der Waals surface area contributed by atoms with E-state index in [1.807, 2.05) is 0 Å². The Balaban J connectivity index is 2.10. The molecule has 2 rings (SSSR count). The van der Waals surface area contributed by atoms with Gasteiger partial charge in [0.2, 0.25) is 0 Å². The van der Waals surface area contributed by atoms with Gasteiger partial charge in [-0.05, 0) is 26.7 Å². The minimum atomic E-state index is -2.87.